The highest BCUT2D eigenvalue weighted by molar-refractivity contribution is 6.01. The van der Waals surface area contributed by atoms with Gasteiger partial charge in [0.1, 0.15) is 17.0 Å². The van der Waals surface area contributed by atoms with Crippen LogP contribution in [0.4, 0.5) is 17.6 Å². The lowest BCUT2D eigenvalue weighted by molar-refractivity contribution is -0.155. The summed E-state index contributed by atoms with van der Waals surface area (Å²) >= 11 is 0. The Morgan fingerprint density at radius 3 is 2.26 bits per heavy atom. The minimum Gasteiger partial charge on any atom is -0.481 e. The summed E-state index contributed by atoms with van der Waals surface area (Å²) in [6.07, 6.45) is -5.88. The molecule has 1 aliphatic rings. The number of Topliss-reactive ketones (excluding diaryl/α,β-unsaturated/α-hetero) is 1. The van der Waals surface area contributed by atoms with Gasteiger partial charge in [-0.25, -0.2) is 4.39 Å². The van der Waals surface area contributed by atoms with Crippen molar-refractivity contribution in [2.24, 2.45) is 0 Å². The zero-order valence-corrected chi connectivity index (χ0v) is 9.42. The Kier molecular flexibility index (Phi) is 2.87. The molecule has 0 unspecified atom stereocenters. The van der Waals surface area contributed by atoms with Crippen molar-refractivity contribution in [2.75, 3.05) is 0 Å². The maximum Gasteiger partial charge on any atom is 0.416 e. The molecular formula is C12H8F4O3. The lowest BCUT2D eigenvalue weighted by atomic mass is 9.62. The third-order valence-electron chi connectivity index (χ3n) is 3.21. The smallest absolute Gasteiger partial charge is 0.416 e. The van der Waals surface area contributed by atoms with Gasteiger partial charge in [-0.15, -0.1) is 0 Å². The highest BCUT2D eigenvalue weighted by Crippen LogP contribution is 2.46. The van der Waals surface area contributed by atoms with Crippen LogP contribution in [0.5, 0.6) is 0 Å². The molecule has 0 atom stereocenters. The van der Waals surface area contributed by atoms with Gasteiger partial charge in [0.05, 0.1) is 5.56 Å². The van der Waals surface area contributed by atoms with E-state index in [1.165, 1.54) is 0 Å². The van der Waals surface area contributed by atoms with Crippen molar-refractivity contribution < 1.29 is 32.3 Å². The summed E-state index contributed by atoms with van der Waals surface area (Å²) < 4.78 is 51.5. The van der Waals surface area contributed by atoms with Gasteiger partial charge >= 0.3 is 12.1 Å². The normalized spacial score (nSPS) is 18.0. The van der Waals surface area contributed by atoms with E-state index in [0.717, 1.165) is 12.1 Å². The molecule has 1 fully saturated rings. The molecule has 1 saturated carbocycles. The topological polar surface area (TPSA) is 54.4 Å². The van der Waals surface area contributed by atoms with Gasteiger partial charge in [-0.1, -0.05) is 6.07 Å². The maximum atomic E-state index is 13.0. The van der Waals surface area contributed by atoms with Gasteiger partial charge in [0.15, 0.2) is 0 Å². The second-order valence-corrected chi connectivity index (χ2v) is 4.47. The van der Waals surface area contributed by atoms with E-state index in [-0.39, 0.29) is 6.07 Å². The molecule has 2 rings (SSSR count). The molecule has 19 heavy (non-hydrogen) atoms. The Bertz CT molecular complexity index is 555. The van der Waals surface area contributed by atoms with E-state index in [4.69, 9.17) is 5.11 Å². The summed E-state index contributed by atoms with van der Waals surface area (Å²) in [6.45, 7) is 0. The molecule has 1 aliphatic carbocycles. The average molecular weight is 276 g/mol. The van der Waals surface area contributed by atoms with Crippen LogP contribution in [0.3, 0.4) is 0 Å². The molecule has 0 spiro atoms. The zero-order valence-electron chi connectivity index (χ0n) is 9.42. The lowest BCUT2D eigenvalue weighted by Crippen LogP contribution is -2.49. The standard InChI is InChI=1S/C12H8F4O3/c13-6-1-2-8(9(3-6)12(14,15)16)11(10(18)19)4-7(17)5-11/h1-3H,4-5H2,(H,18,19). The lowest BCUT2D eigenvalue weighted by Gasteiger charge is -2.38. The molecular weight excluding hydrogens is 268 g/mol. The molecule has 0 amide bonds. The Morgan fingerprint density at radius 2 is 1.84 bits per heavy atom. The largest absolute Gasteiger partial charge is 0.481 e. The number of carboxylic acid groups (broad SMARTS) is 1. The number of ketones is 1. The van der Waals surface area contributed by atoms with Gasteiger partial charge in [-0.3, -0.25) is 9.59 Å². The summed E-state index contributed by atoms with van der Waals surface area (Å²) in [4.78, 5) is 22.2. The first-order valence-electron chi connectivity index (χ1n) is 5.29. The molecule has 0 heterocycles. The van der Waals surface area contributed by atoms with Gasteiger partial charge in [0.25, 0.3) is 0 Å². The van der Waals surface area contributed by atoms with Crippen LogP contribution >= 0.6 is 0 Å². The quantitative estimate of drug-likeness (QED) is 0.844. The molecule has 0 saturated heterocycles. The summed E-state index contributed by atoms with van der Waals surface area (Å²) in [5.41, 5.74) is -3.80. The summed E-state index contributed by atoms with van der Waals surface area (Å²) in [7, 11) is 0. The number of aliphatic carboxylic acids is 1. The molecule has 7 heteroatoms. The number of rotatable bonds is 2. The van der Waals surface area contributed by atoms with Crippen LogP contribution in [-0.2, 0) is 21.2 Å². The van der Waals surface area contributed by atoms with Crippen molar-refractivity contribution in [3.8, 4) is 0 Å². The number of benzene rings is 1. The fraction of sp³-hybridized carbons (Fsp3) is 0.333. The Hall–Kier alpha value is -1.92. The average Bonchev–Trinajstić information content (AvgIpc) is 2.23. The molecule has 0 bridgehead atoms. The Morgan fingerprint density at radius 1 is 1.26 bits per heavy atom. The highest BCUT2D eigenvalue weighted by atomic mass is 19.4. The number of hydrogen-bond donors (Lipinski definition) is 1. The van der Waals surface area contributed by atoms with E-state index < -0.39 is 53.1 Å². The SMILES string of the molecule is O=C1CC(C(=O)O)(c2ccc(F)cc2C(F)(F)F)C1. The first-order chi connectivity index (χ1) is 8.67. The van der Waals surface area contributed by atoms with Crippen molar-refractivity contribution in [1.29, 1.82) is 0 Å². The summed E-state index contributed by atoms with van der Waals surface area (Å²) in [6, 6.07) is 1.81. The van der Waals surface area contributed by atoms with E-state index in [0.29, 0.717) is 0 Å². The summed E-state index contributed by atoms with van der Waals surface area (Å²) in [5, 5.41) is 9.10. The van der Waals surface area contributed by atoms with Crippen molar-refractivity contribution in [2.45, 2.75) is 24.4 Å². The Balaban J connectivity index is 2.62. The minimum absolute atomic E-state index is 0.253. The van der Waals surface area contributed by atoms with E-state index in [1.54, 1.807) is 0 Å². The van der Waals surface area contributed by atoms with Gasteiger partial charge in [-0.05, 0) is 17.7 Å². The van der Waals surface area contributed by atoms with Crippen LogP contribution in [0.1, 0.15) is 24.0 Å². The highest BCUT2D eigenvalue weighted by Gasteiger charge is 2.54. The number of carbonyl (C=O) groups is 2. The van der Waals surface area contributed by atoms with Crippen LogP contribution in [0, 0.1) is 5.82 Å². The number of carboxylic acids is 1. The fourth-order valence-electron chi connectivity index (χ4n) is 2.25. The molecule has 3 nitrogen and oxygen atoms in total. The number of carbonyl (C=O) groups excluding carboxylic acids is 1. The first-order valence-corrected chi connectivity index (χ1v) is 5.29. The fourth-order valence-corrected chi connectivity index (χ4v) is 2.25. The van der Waals surface area contributed by atoms with Gasteiger partial charge in [0.2, 0.25) is 0 Å². The zero-order chi connectivity index (χ0) is 14.4. The van der Waals surface area contributed by atoms with Crippen LogP contribution in [0.15, 0.2) is 18.2 Å². The predicted octanol–water partition coefficient (Wildman–Crippen LogP) is 2.53. The maximum absolute atomic E-state index is 13.0. The molecule has 1 N–H and O–H groups in total. The molecule has 102 valence electrons. The number of halogens is 4. The van der Waals surface area contributed by atoms with Gasteiger partial charge in [0, 0.05) is 12.8 Å². The van der Waals surface area contributed by atoms with Gasteiger partial charge in [-0.2, -0.15) is 13.2 Å². The monoisotopic (exact) mass is 276 g/mol. The van der Waals surface area contributed by atoms with E-state index in [2.05, 4.69) is 0 Å². The second kappa shape index (κ2) is 4.04. The van der Waals surface area contributed by atoms with Crippen LogP contribution in [0.2, 0.25) is 0 Å². The van der Waals surface area contributed by atoms with Crippen molar-refractivity contribution >= 4 is 11.8 Å². The van der Waals surface area contributed by atoms with Crippen LogP contribution in [0.25, 0.3) is 0 Å². The van der Waals surface area contributed by atoms with Crippen molar-refractivity contribution in [1.82, 2.24) is 0 Å². The molecule has 1 aromatic carbocycles. The minimum atomic E-state index is -4.88. The third-order valence-corrected chi connectivity index (χ3v) is 3.21. The van der Waals surface area contributed by atoms with Gasteiger partial charge < -0.3 is 5.11 Å². The number of alkyl halides is 3. The molecule has 0 radical (unpaired) electrons. The molecule has 1 aromatic rings. The van der Waals surface area contributed by atoms with Crippen LogP contribution < -0.4 is 0 Å². The van der Waals surface area contributed by atoms with E-state index in [1.807, 2.05) is 0 Å². The molecule has 0 aromatic heterocycles. The summed E-state index contributed by atoms with van der Waals surface area (Å²) in [5.74, 6) is -3.05. The van der Waals surface area contributed by atoms with Crippen LogP contribution in [-0.4, -0.2) is 16.9 Å². The number of hydrogen-bond acceptors (Lipinski definition) is 2. The predicted molar refractivity (Wildman–Crippen MR) is 55.0 cm³/mol. The second-order valence-electron chi connectivity index (χ2n) is 4.47. The van der Waals surface area contributed by atoms with E-state index >= 15 is 0 Å². The van der Waals surface area contributed by atoms with Crippen molar-refractivity contribution in [3.63, 3.8) is 0 Å². The first kappa shape index (κ1) is 13.5. The van der Waals surface area contributed by atoms with Crippen molar-refractivity contribution in [3.05, 3.63) is 35.1 Å². The Labute approximate surface area is 104 Å². The third kappa shape index (κ3) is 2.09. The van der Waals surface area contributed by atoms with E-state index in [9.17, 15) is 27.2 Å². The molecule has 0 aliphatic heterocycles.